The predicted octanol–water partition coefficient (Wildman–Crippen LogP) is 3.01. The van der Waals surface area contributed by atoms with Crippen LogP contribution in [0.5, 0.6) is 0 Å². The fraction of sp³-hybridized carbons (Fsp3) is 0.417. The Hall–Kier alpha value is -1.03. The molecule has 1 aromatic rings. The molecule has 0 saturated heterocycles. The van der Waals surface area contributed by atoms with Gasteiger partial charge in [-0.15, -0.1) is 0 Å². The topological polar surface area (TPSA) is 32.3 Å². The molecule has 86 valence electrons. The summed E-state index contributed by atoms with van der Waals surface area (Å²) < 4.78 is 1.04. The SMILES string of the molecule is CC(C)N1CCC(=O)Nc2ccc(Br)cc21. The third kappa shape index (κ3) is 2.21. The molecular weight excluding hydrogens is 268 g/mol. The number of fused-ring (bicyclic) bond motifs is 1. The number of benzene rings is 1. The molecule has 0 fully saturated rings. The molecule has 2 rings (SSSR count). The Morgan fingerprint density at radius 2 is 2.19 bits per heavy atom. The summed E-state index contributed by atoms with van der Waals surface area (Å²) in [5.74, 6) is 0.0896. The molecule has 1 N–H and O–H groups in total. The highest BCUT2D eigenvalue weighted by atomic mass is 79.9. The summed E-state index contributed by atoms with van der Waals surface area (Å²) >= 11 is 3.47. The molecule has 16 heavy (non-hydrogen) atoms. The fourth-order valence-electron chi connectivity index (χ4n) is 1.94. The third-order valence-electron chi connectivity index (χ3n) is 2.75. The molecule has 0 aliphatic carbocycles. The molecule has 1 aliphatic heterocycles. The van der Waals surface area contributed by atoms with Crippen LogP contribution >= 0.6 is 15.9 Å². The first-order chi connectivity index (χ1) is 7.58. The highest BCUT2D eigenvalue weighted by molar-refractivity contribution is 9.10. The largest absolute Gasteiger partial charge is 0.367 e. The van der Waals surface area contributed by atoms with Crippen LogP contribution in [-0.2, 0) is 4.79 Å². The van der Waals surface area contributed by atoms with Crippen molar-refractivity contribution in [2.24, 2.45) is 0 Å². The Labute approximate surface area is 104 Å². The molecule has 1 heterocycles. The number of hydrogen-bond acceptors (Lipinski definition) is 2. The van der Waals surface area contributed by atoms with Crippen LogP contribution in [-0.4, -0.2) is 18.5 Å². The molecule has 3 nitrogen and oxygen atoms in total. The highest BCUT2D eigenvalue weighted by Crippen LogP contribution is 2.32. The molecule has 0 aromatic heterocycles. The van der Waals surface area contributed by atoms with Gasteiger partial charge in [0, 0.05) is 23.5 Å². The van der Waals surface area contributed by atoms with Crippen LogP contribution in [0, 0.1) is 0 Å². The summed E-state index contributed by atoms with van der Waals surface area (Å²) in [6.45, 7) is 5.05. The zero-order chi connectivity index (χ0) is 11.7. The number of halogens is 1. The summed E-state index contributed by atoms with van der Waals surface area (Å²) in [5, 5.41) is 2.93. The first kappa shape index (κ1) is 11.5. The van der Waals surface area contributed by atoms with Crippen LogP contribution in [0.1, 0.15) is 20.3 Å². The van der Waals surface area contributed by atoms with E-state index in [1.807, 2.05) is 12.1 Å². The number of carbonyl (C=O) groups is 1. The van der Waals surface area contributed by atoms with Gasteiger partial charge in [-0.3, -0.25) is 4.79 Å². The first-order valence-corrected chi connectivity index (χ1v) is 6.23. The lowest BCUT2D eigenvalue weighted by Crippen LogP contribution is -2.31. The number of nitrogens with zero attached hydrogens (tertiary/aromatic N) is 1. The van der Waals surface area contributed by atoms with E-state index in [0.717, 1.165) is 22.4 Å². The molecule has 0 atom stereocenters. The minimum Gasteiger partial charge on any atom is -0.367 e. The van der Waals surface area contributed by atoms with Crippen LogP contribution in [0.3, 0.4) is 0 Å². The van der Waals surface area contributed by atoms with Gasteiger partial charge in [-0.2, -0.15) is 0 Å². The summed E-state index contributed by atoms with van der Waals surface area (Å²) in [7, 11) is 0. The predicted molar refractivity (Wildman–Crippen MR) is 69.9 cm³/mol. The number of amides is 1. The maximum atomic E-state index is 11.5. The number of rotatable bonds is 1. The van der Waals surface area contributed by atoms with Crippen molar-refractivity contribution in [2.75, 3.05) is 16.8 Å². The maximum absolute atomic E-state index is 11.5. The molecule has 0 spiro atoms. The summed E-state index contributed by atoms with van der Waals surface area (Å²) in [6, 6.07) is 6.34. The van der Waals surface area contributed by atoms with Crippen LogP contribution in [0.25, 0.3) is 0 Å². The fourth-order valence-corrected chi connectivity index (χ4v) is 2.29. The van der Waals surface area contributed by atoms with Gasteiger partial charge in [-0.25, -0.2) is 0 Å². The Morgan fingerprint density at radius 1 is 1.44 bits per heavy atom. The second-order valence-corrected chi connectivity index (χ2v) is 5.16. The van der Waals surface area contributed by atoms with Crippen molar-refractivity contribution in [1.29, 1.82) is 0 Å². The van der Waals surface area contributed by atoms with Crippen molar-refractivity contribution in [3.8, 4) is 0 Å². The van der Waals surface area contributed by atoms with Crippen molar-refractivity contribution in [1.82, 2.24) is 0 Å². The van der Waals surface area contributed by atoms with Crippen LogP contribution < -0.4 is 10.2 Å². The molecule has 1 aliphatic rings. The Bertz CT molecular complexity index is 417. The van der Waals surface area contributed by atoms with E-state index < -0.39 is 0 Å². The smallest absolute Gasteiger partial charge is 0.226 e. The maximum Gasteiger partial charge on any atom is 0.226 e. The molecule has 1 amide bonds. The Balaban J connectivity index is 2.47. The van der Waals surface area contributed by atoms with E-state index >= 15 is 0 Å². The van der Waals surface area contributed by atoms with E-state index in [1.165, 1.54) is 0 Å². The number of carbonyl (C=O) groups excluding carboxylic acids is 1. The zero-order valence-electron chi connectivity index (χ0n) is 9.46. The van der Waals surface area contributed by atoms with Gasteiger partial charge < -0.3 is 10.2 Å². The van der Waals surface area contributed by atoms with Crippen molar-refractivity contribution < 1.29 is 4.79 Å². The van der Waals surface area contributed by atoms with Crippen LogP contribution in [0.2, 0.25) is 0 Å². The summed E-state index contributed by atoms with van der Waals surface area (Å²) in [6.07, 6.45) is 0.546. The van der Waals surface area contributed by atoms with Crippen molar-refractivity contribution in [3.05, 3.63) is 22.7 Å². The molecule has 0 radical (unpaired) electrons. The standard InChI is InChI=1S/C12H15BrN2O/c1-8(2)15-6-5-12(16)14-10-4-3-9(13)7-11(10)15/h3-4,7-8H,5-6H2,1-2H3,(H,14,16). The zero-order valence-corrected chi connectivity index (χ0v) is 11.0. The second-order valence-electron chi connectivity index (χ2n) is 4.25. The minimum atomic E-state index is 0.0896. The van der Waals surface area contributed by atoms with Gasteiger partial charge in [-0.1, -0.05) is 15.9 Å². The molecule has 0 unspecified atom stereocenters. The van der Waals surface area contributed by atoms with Crippen LogP contribution in [0.4, 0.5) is 11.4 Å². The van der Waals surface area contributed by atoms with E-state index in [4.69, 9.17) is 0 Å². The van der Waals surface area contributed by atoms with Gasteiger partial charge in [0.05, 0.1) is 11.4 Å². The lowest BCUT2D eigenvalue weighted by molar-refractivity contribution is -0.115. The van der Waals surface area contributed by atoms with E-state index in [-0.39, 0.29) is 5.91 Å². The Kier molecular flexibility index (Phi) is 3.19. The number of hydrogen-bond donors (Lipinski definition) is 1. The van der Waals surface area contributed by atoms with Gasteiger partial charge in [0.1, 0.15) is 0 Å². The van der Waals surface area contributed by atoms with E-state index in [1.54, 1.807) is 0 Å². The van der Waals surface area contributed by atoms with E-state index in [0.29, 0.717) is 12.5 Å². The van der Waals surface area contributed by atoms with Crippen LogP contribution in [0.15, 0.2) is 22.7 Å². The normalized spacial score (nSPS) is 15.8. The van der Waals surface area contributed by atoms with E-state index in [2.05, 4.69) is 46.1 Å². The lowest BCUT2D eigenvalue weighted by atomic mass is 10.2. The number of nitrogens with one attached hydrogen (secondary N) is 1. The lowest BCUT2D eigenvalue weighted by Gasteiger charge is -2.28. The van der Waals surface area contributed by atoms with Gasteiger partial charge in [-0.05, 0) is 32.0 Å². The van der Waals surface area contributed by atoms with Gasteiger partial charge in [0.25, 0.3) is 0 Å². The first-order valence-electron chi connectivity index (χ1n) is 5.44. The third-order valence-corrected chi connectivity index (χ3v) is 3.24. The van der Waals surface area contributed by atoms with Crippen molar-refractivity contribution in [3.63, 3.8) is 0 Å². The summed E-state index contributed by atoms with van der Waals surface area (Å²) in [5.41, 5.74) is 2.00. The van der Waals surface area contributed by atoms with Gasteiger partial charge in [0.15, 0.2) is 0 Å². The average molecular weight is 283 g/mol. The Morgan fingerprint density at radius 3 is 2.88 bits per heavy atom. The minimum absolute atomic E-state index is 0.0896. The second kappa shape index (κ2) is 4.45. The monoisotopic (exact) mass is 282 g/mol. The molecule has 4 heteroatoms. The average Bonchev–Trinajstić information content (AvgIpc) is 2.36. The molecule has 0 bridgehead atoms. The van der Waals surface area contributed by atoms with Crippen molar-refractivity contribution in [2.45, 2.75) is 26.3 Å². The van der Waals surface area contributed by atoms with Gasteiger partial charge >= 0.3 is 0 Å². The molecular formula is C12H15BrN2O. The quantitative estimate of drug-likeness (QED) is 0.859. The molecule has 1 aromatic carbocycles. The summed E-state index contributed by atoms with van der Waals surface area (Å²) in [4.78, 5) is 13.8. The highest BCUT2D eigenvalue weighted by Gasteiger charge is 2.20. The van der Waals surface area contributed by atoms with Crippen molar-refractivity contribution >= 4 is 33.2 Å². The van der Waals surface area contributed by atoms with E-state index in [9.17, 15) is 4.79 Å². The van der Waals surface area contributed by atoms with Gasteiger partial charge in [0.2, 0.25) is 5.91 Å². The molecule has 0 saturated carbocycles. The number of anilines is 2.